The number of H-pyrrole nitrogens is 1. The number of piperazine rings is 1. The molecule has 0 radical (unpaired) electrons. The van der Waals surface area contributed by atoms with Gasteiger partial charge in [-0.15, -0.1) is 0 Å². The Morgan fingerprint density at radius 2 is 1.55 bits per heavy atom. The van der Waals surface area contributed by atoms with E-state index in [0.717, 1.165) is 37.2 Å². The van der Waals surface area contributed by atoms with Gasteiger partial charge in [0.05, 0.1) is 0 Å². The van der Waals surface area contributed by atoms with Gasteiger partial charge in [-0.05, 0) is 61.2 Å². The van der Waals surface area contributed by atoms with Gasteiger partial charge in [-0.1, -0.05) is 41.9 Å². The Hall–Kier alpha value is -2.23. The molecule has 0 amide bonds. The first-order valence-corrected chi connectivity index (χ1v) is 11.1. The molecule has 29 heavy (non-hydrogen) atoms. The molecule has 1 aromatic heterocycles. The monoisotopic (exact) mass is 405 g/mol. The lowest BCUT2D eigenvalue weighted by Crippen LogP contribution is -2.49. The molecule has 2 heterocycles. The van der Waals surface area contributed by atoms with Crippen LogP contribution >= 0.6 is 11.6 Å². The number of rotatable bonds is 4. The van der Waals surface area contributed by atoms with Crippen molar-refractivity contribution in [2.24, 2.45) is 0 Å². The number of hydrogen-bond acceptors (Lipinski definition) is 2. The zero-order valence-corrected chi connectivity index (χ0v) is 17.5. The lowest BCUT2D eigenvalue weighted by atomic mass is 10.0. The van der Waals surface area contributed by atoms with Crippen LogP contribution in [0.25, 0.3) is 11.3 Å². The number of nitrogens with zero attached hydrogens (tertiary/aromatic N) is 2. The fourth-order valence-electron chi connectivity index (χ4n) is 5.01. The first-order chi connectivity index (χ1) is 14.3. The zero-order valence-electron chi connectivity index (χ0n) is 16.7. The van der Waals surface area contributed by atoms with Crippen molar-refractivity contribution in [1.82, 2.24) is 9.88 Å². The molecule has 3 nitrogen and oxygen atoms in total. The summed E-state index contributed by atoms with van der Waals surface area (Å²) in [6.07, 6.45) is 3.87. The minimum atomic E-state index is 0.659. The molecular weight excluding hydrogens is 378 g/mol. The average molecular weight is 406 g/mol. The number of nitrogens with one attached hydrogen (secondary N) is 1. The highest BCUT2D eigenvalue weighted by Crippen LogP contribution is 2.38. The van der Waals surface area contributed by atoms with Crippen molar-refractivity contribution in [2.45, 2.75) is 31.2 Å². The van der Waals surface area contributed by atoms with E-state index in [1.165, 1.54) is 41.9 Å². The summed E-state index contributed by atoms with van der Waals surface area (Å²) >= 11 is 6.03. The van der Waals surface area contributed by atoms with Crippen molar-refractivity contribution >= 4 is 17.3 Å². The summed E-state index contributed by atoms with van der Waals surface area (Å²) < 4.78 is 0. The predicted molar refractivity (Wildman–Crippen MR) is 122 cm³/mol. The Labute approximate surface area is 178 Å². The van der Waals surface area contributed by atoms with Crippen LogP contribution in [0.2, 0.25) is 5.02 Å². The molecule has 1 aliphatic carbocycles. The van der Waals surface area contributed by atoms with Crippen molar-refractivity contribution in [3.05, 3.63) is 77.4 Å². The summed E-state index contributed by atoms with van der Waals surface area (Å²) in [4.78, 5) is 8.89. The van der Waals surface area contributed by atoms with E-state index in [4.69, 9.17) is 11.6 Å². The normalized spacial score (nSPS) is 22.9. The van der Waals surface area contributed by atoms with Gasteiger partial charge < -0.3 is 9.88 Å². The summed E-state index contributed by atoms with van der Waals surface area (Å²) in [5.41, 5.74) is 5.21. The Balaban J connectivity index is 1.18. The molecule has 1 aliphatic heterocycles. The van der Waals surface area contributed by atoms with Crippen molar-refractivity contribution in [3.8, 4) is 11.3 Å². The first-order valence-electron chi connectivity index (χ1n) is 10.8. The molecule has 2 aliphatic rings. The third-order valence-corrected chi connectivity index (χ3v) is 6.91. The molecule has 2 atom stereocenters. The van der Waals surface area contributed by atoms with Gasteiger partial charge in [-0.3, -0.25) is 4.90 Å². The Bertz CT molecular complexity index is 926. The second-order valence-electron chi connectivity index (χ2n) is 8.36. The van der Waals surface area contributed by atoms with E-state index in [1.54, 1.807) is 0 Å². The minimum Gasteiger partial charge on any atom is -0.369 e. The van der Waals surface area contributed by atoms with Crippen LogP contribution in [-0.4, -0.2) is 42.1 Å². The van der Waals surface area contributed by atoms with Gasteiger partial charge in [-0.2, -0.15) is 0 Å². The molecule has 2 unspecified atom stereocenters. The molecule has 2 aromatic carbocycles. The largest absolute Gasteiger partial charge is 0.369 e. The van der Waals surface area contributed by atoms with Gasteiger partial charge in [-0.25, -0.2) is 0 Å². The van der Waals surface area contributed by atoms with E-state index in [9.17, 15) is 0 Å². The molecule has 3 aromatic rings. The Morgan fingerprint density at radius 3 is 2.31 bits per heavy atom. The zero-order chi connectivity index (χ0) is 19.6. The maximum absolute atomic E-state index is 6.03. The summed E-state index contributed by atoms with van der Waals surface area (Å²) in [6.45, 7) is 4.51. The molecule has 150 valence electrons. The van der Waals surface area contributed by atoms with Gasteiger partial charge in [0.15, 0.2) is 0 Å². The highest BCUT2D eigenvalue weighted by Gasteiger charge is 2.32. The fraction of sp³-hybridized carbons (Fsp3) is 0.360. The van der Waals surface area contributed by atoms with Crippen molar-refractivity contribution in [1.29, 1.82) is 0 Å². The molecule has 0 bridgehead atoms. The van der Waals surface area contributed by atoms with Crippen molar-refractivity contribution in [3.63, 3.8) is 0 Å². The first kappa shape index (κ1) is 18.8. The van der Waals surface area contributed by atoms with E-state index < -0.39 is 0 Å². The maximum atomic E-state index is 6.03. The van der Waals surface area contributed by atoms with Crippen LogP contribution in [0.4, 0.5) is 5.69 Å². The average Bonchev–Trinajstić information content (AvgIpc) is 3.45. The number of aromatic amines is 1. The van der Waals surface area contributed by atoms with Crippen LogP contribution in [0.3, 0.4) is 0 Å². The lowest BCUT2D eigenvalue weighted by molar-refractivity contribution is 0.186. The summed E-state index contributed by atoms with van der Waals surface area (Å²) in [5.74, 6) is 0.659. The molecule has 5 rings (SSSR count). The van der Waals surface area contributed by atoms with Crippen LogP contribution in [0.15, 0.2) is 66.7 Å². The van der Waals surface area contributed by atoms with Crippen LogP contribution < -0.4 is 4.90 Å². The van der Waals surface area contributed by atoms with Crippen LogP contribution in [0.1, 0.15) is 30.9 Å². The smallest absolute Gasteiger partial charge is 0.0456 e. The molecule has 1 N–H and O–H groups in total. The molecule has 1 saturated heterocycles. The topological polar surface area (TPSA) is 22.3 Å². The van der Waals surface area contributed by atoms with Gasteiger partial charge in [0.2, 0.25) is 0 Å². The highest BCUT2D eigenvalue weighted by atomic mass is 35.5. The maximum Gasteiger partial charge on any atom is 0.0456 e. The SMILES string of the molecule is Clc1ccc(N2CCN(C3CCC(c4ccc(-c5ccccc5)[nH]4)C3)CC2)cc1. The van der Waals surface area contributed by atoms with Crippen LogP contribution in [0, 0.1) is 0 Å². The van der Waals surface area contributed by atoms with E-state index in [-0.39, 0.29) is 0 Å². The molecule has 4 heteroatoms. The standard InChI is InChI=1S/C25H28ClN3/c26-21-7-10-22(11-8-21)28-14-16-29(17-15-28)23-9-6-20(18-23)25-13-12-24(27-25)19-4-2-1-3-5-19/h1-5,7-8,10-13,20,23,27H,6,9,14-18H2. The van der Waals surface area contributed by atoms with Crippen molar-refractivity contribution in [2.75, 3.05) is 31.1 Å². The predicted octanol–water partition coefficient (Wildman–Crippen LogP) is 5.79. The quantitative estimate of drug-likeness (QED) is 0.593. The number of benzene rings is 2. The van der Waals surface area contributed by atoms with E-state index in [1.807, 2.05) is 12.1 Å². The lowest BCUT2D eigenvalue weighted by Gasteiger charge is -2.39. The van der Waals surface area contributed by atoms with E-state index in [0.29, 0.717) is 5.92 Å². The number of halogens is 1. The van der Waals surface area contributed by atoms with Crippen LogP contribution in [-0.2, 0) is 0 Å². The second kappa shape index (κ2) is 8.25. The fourth-order valence-corrected chi connectivity index (χ4v) is 5.13. The third kappa shape index (κ3) is 4.08. The number of aromatic nitrogens is 1. The van der Waals surface area contributed by atoms with E-state index in [2.05, 4.69) is 69.4 Å². The summed E-state index contributed by atoms with van der Waals surface area (Å²) in [7, 11) is 0. The van der Waals surface area contributed by atoms with Gasteiger partial charge in [0, 0.05) is 60.2 Å². The van der Waals surface area contributed by atoms with Crippen LogP contribution in [0.5, 0.6) is 0 Å². The Morgan fingerprint density at radius 1 is 0.793 bits per heavy atom. The second-order valence-corrected chi connectivity index (χ2v) is 8.79. The third-order valence-electron chi connectivity index (χ3n) is 6.66. The number of anilines is 1. The molecular formula is C25H28ClN3. The molecule has 2 fully saturated rings. The summed E-state index contributed by atoms with van der Waals surface area (Å²) in [6, 6.07) is 24.1. The van der Waals surface area contributed by atoms with Crippen molar-refractivity contribution < 1.29 is 0 Å². The van der Waals surface area contributed by atoms with E-state index >= 15 is 0 Å². The Kier molecular flexibility index (Phi) is 5.34. The molecule has 1 saturated carbocycles. The molecule has 0 spiro atoms. The van der Waals surface area contributed by atoms with Gasteiger partial charge in [0.1, 0.15) is 0 Å². The van der Waals surface area contributed by atoms with Gasteiger partial charge >= 0.3 is 0 Å². The number of hydrogen-bond donors (Lipinski definition) is 1. The summed E-state index contributed by atoms with van der Waals surface area (Å²) in [5, 5.41) is 0.809. The minimum absolute atomic E-state index is 0.659. The van der Waals surface area contributed by atoms with Gasteiger partial charge in [0.25, 0.3) is 0 Å². The highest BCUT2D eigenvalue weighted by molar-refractivity contribution is 6.30.